The summed E-state index contributed by atoms with van der Waals surface area (Å²) in [6, 6.07) is 2.93. The van der Waals surface area contributed by atoms with Gasteiger partial charge in [-0.1, -0.05) is 11.8 Å². The Hall–Kier alpha value is -2.83. The quantitative estimate of drug-likeness (QED) is 0.220. The monoisotopic (exact) mass is 492 g/mol. The molecule has 4 rings (SSSR count). The molecule has 2 aromatic heterocycles. The van der Waals surface area contributed by atoms with Gasteiger partial charge in [-0.05, 0) is 43.4 Å². The second-order valence-corrected chi connectivity index (χ2v) is 9.52. The number of nitrogens with one attached hydrogen (secondary N) is 1. The molecule has 9 nitrogen and oxygen atoms in total. The van der Waals surface area contributed by atoms with Crippen LogP contribution in [0.4, 0.5) is 15.8 Å². The van der Waals surface area contributed by atoms with Crippen LogP contribution in [-0.4, -0.2) is 39.9 Å². The molecule has 0 saturated carbocycles. The highest BCUT2D eigenvalue weighted by Crippen LogP contribution is 2.34. The molecule has 1 aromatic carbocycles. The molecule has 0 saturated heterocycles. The average molecular weight is 493 g/mol. The summed E-state index contributed by atoms with van der Waals surface area (Å²) in [6.07, 6.45) is 3.94. The molecule has 12 heteroatoms. The van der Waals surface area contributed by atoms with Crippen LogP contribution in [0.5, 0.6) is 0 Å². The summed E-state index contributed by atoms with van der Waals surface area (Å²) in [5.41, 5.74) is 0.309. The number of anilines is 1. The van der Waals surface area contributed by atoms with E-state index in [1.165, 1.54) is 20.8 Å². The molecule has 2 heterocycles. The third kappa shape index (κ3) is 4.92. The molecule has 1 amide bonds. The minimum absolute atomic E-state index is 0.0990. The fraction of sp³-hybridized carbons (Fsp3) is 0.381. The Morgan fingerprint density at radius 3 is 2.94 bits per heavy atom. The van der Waals surface area contributed by atoms with E-state index >= 15 is 0 Å². The van der Waals surface area contributed by atoms with E-state index in [-0.39, 0.29) is 23.5 Å². The molecular weight excluding hydrogens is 471 g/mol. The molecule has 0 unspecified atom stereocenters. The highest BCUT2D eigenvalue weighted by atomic mass is 32.2. The number of nitrogens with zero attached hydrogens (tertiary/aromatic N) is 3. The first-order chi connectivity index (χ1) is 15.9. The number of amides is 1. The smallest absolute Gasteiger partial charge is 0.295 e. The first kappa shape index (κ1) is 23.3. The third-order valence-corrected chi connectivity index (χ3v) is 7.48. The Morgan fingerprint density at radius 1 is 1.39 bits per heavy atom. The Balaban J connectivity index is 1.60. The lowest BCUT2D eigenvalue weighted by molar-refractivity contribution is -0.384. The number of benzene rings is 1. The molecule has 174 valence electrons. The number of carbonyl (C=O) groups excluding carboxylic acids is 1. The molecule has 0 fully saturated rings. The number of nitro benzene ring substituents is 1. The minimum atomic E-state index is -0.771. The molecule has 33 heavy (non-hydrogen) atoms. The largest absolute Gasteiger partial charge is 0.383 e. The molecule has 0 atom stereocenters. The number of rotatable bonds is 8. The van der Waals surface area contributed by atoms with Crippen molar-refractivity contribution >= 4 is 50.6 Å². The maximum atomic E-state index is 13.3. The number of thioether (sulfide) groups is 1. The number of aryl methyl sites for hydroxylation is 2. The van der Waals surface area contributed by atoms with Crippen LogP contribution in [0.25, 0.3) is 10.2 Å². The van der Waals surface area contributed by atoms with Crippen molar-refractivity contribution in [2.45, 2.75) is 37.4 Å². The molecular formula is C21H21FN4O5S2. The average Bonchev–Trinajstić information content (AvgIpc) is 3.17. The van der Waals surface area contributed by atoms with E-state index in [2.05, 4.69) is 10.3 Å². The summed E-state index contributed by atoms with van der Waals surface area (Å²) in [6.45, 7) is 0.594. The number of ether oxygens (including phenoxy) is 1. The van der Waals surface area contributed by atoms with Gasteiger partial charge >= 0.3 is 0 Å². The fourth-order valence-corrected chi connectivity index (χ4v) is 5.92. The normalized spacial score (nSPS) is 13.2. The maximum absolute atomic E-state index is 13.3. The van der Waals surface area contributed by atoms with Crippen molar-refractivity contribution in [1.29, 1.82) is 0 Å². The van der Waals surface area contributed by atoms with E-state index in [0.717, 1.165) is 61.2 Å². The van der Waals surface area contributed by atoms with Crippen molar-refractivity contribution in [2.24, 2.45) is 0 Å². The zero-order valence-corrected chi connectivity index (χ0v) is 19.4. The number of methoxy groups -OCH3 is 1. The van der Waals surface area contributed by atoms with E-state index < -0.39 is 22.3 Å². The van der Waals surface area contributed by atoms with Gasteiger partial charge in [0.15, 0.2) is 5.16 Å². The van der Waals surface area contributed by atoms with Crippen molar-refractivity contribution in [3.8, 4) is 0 Å². The zero-order valence-electron chi connectivity index (χ0n) is 17.8. The lowest BCUT2D eigenvalue weighted by atomic mass is 9.97. The summed E-state index contributed by atoms with van der Waals surface area (Å²) >= 11 is 2.59. The van der Waals surface area contributed by atoms with Gasteiger partial charge in [-0.3, -0.25) is 24.3 Å². The van der Waals surface area contributed by atoms with Crippen molar-refractivity contribution in [2.75, 3.05) is 24.8 Å². The van der Waals surface area contributed by atoms with Crippen LogP contribution in [0.15, 0.2) is 28.2 Å². The first-order valence-corrected chi connectivity index (χ1v) is 12.1. The maximum Gasteiger partial charge on any atom is 0.295 e. The minimum Gasteiger partial charge on any atom is -0.383 e. The standard InChI is InChI=1S/C21H21FN4O5S2/c1-31-9-8-25-20(28)18-13-4-2-3-5-16(13)33-19(18)24-21(25)32-11-17(27)23-14-7-6-12(22)10-15(14)26(29)30/h6-7,10H,2-5,8-9,11H2,1H3,(H,23,27). The lowest BCUT2D eigenvalue weighted by Gasteiger charge is -2.13. The molecule has 0 bridgehead atoms. The Morgan fingerprint density at radius 2 is 2.18 bits per heavy atom. The number of halogens is 1. The third-order valence-electron chi connectivity index (χ3n) is 5.32. The molecule has 1 aliphatic rings. The van der Waals surface area contributed by atoms with Gasteiger partial charge < -0.3 is 10.1 Å². The Kier molecular flexibility index (Phi) is 7.05. The predicted octanol–water partition coefficient (Wildman–Crippen LogP) is 3.76. The summed E-state index contributed by atoms with van der Waals surface area (Å²) in [5.74, 6) is -1.44. The van der Waals surface area contributed by atoms with Crippen LogP contribution >= 0.6 is 23.1 Å². The summed E-state index contributed by atoms with van der Waals surface area (Å²) in [5, 5.41) is 14.6. The highest BCUT2D eigenvalue weighted by Gasteiger charge is 2.23. The molecule has 1 aliphatic carbocycles. The zero-order chi connectivity index (χ0) is 23.5. The lowest BCUT2D eigenvalue weighted by Crippen LogP contribution is -2.26. The van der Waals surface area contributed by atoms with Gasteiger partial charge in [0.25, 0.3) is 11.2 Å². The van der Waals surface area contributed by atoms with Crippen molar-refractivity contribution < 1.29 is 18.8 Å². The fourth-order valence-electron chi connectivity index (χ4n) is 3.79. The SMILES string of the molecule is COCCn1c(SCC(=O)Nc2ccc(F)cc2[N+](=O)[O-])nc2sc3c(c2c1=O)CCCC3. The van der Waals surface area contributed by atoms with Crippen LogP contribution < -0.4 is 10.9 Å². The van der Waals surface area contributed by atoms with Crippen LogP contribution in [0.3, 0.4) is 0 Å². The second kappa shape index (κ2) is 9.98. The number of fused-ring (bicyclic) bond motifs is 3. The number of thiophene rings is 1. The van der Waals surface area contributed by atoms with Gasteiger partial charge in [-0.15, -0.1) is 11.3 Å². The Bertz CT molecular complexity index is 1290. The van der Waals surface area contributed by atoms with Gasteiger partial charge in [0, 0.05) is 12.0 Å². The molecule has 0 aliphatic heterocycles. The molecule has 1 N–H and O–H groups in total. The van der Waals surface area contributed by atoms with Crippen LogP contribution in [0.2, 0.25) is 0 Å². The van der Waals surface area contributed by atoms with Crippen LogP contribution in [0, 0.1) is 15.9 Å². The predicted molar refractivity (Wildman–Crippen MR) is 125 cm³/mol. The Labute approximate surface area is 196 Å². The van der Waals surface area contributed by atoms with E-state index in [1.807, 2.05) is 0 Å². The van der Waals surface area contributed by atoms with Gasteiger partial charge in [0.2, 0.25) is 5.91 Å². The van der Waals surface area contributed by atoms with Gasteiger partial charge in [-0.25, -0.2) is 9.37 Å². The number of nitro groups is 1. The molecule has 3 aromatic rings. The summed E-state index contributed by atoms with van der Waals surface area (Å²) < 4.78 is 20.0. The van der Waals surface area contributed by atoms with Gasteiger partial charge in [-0.2, -0.15) is 0 Å². The van der Waals surface area contributed by atoms with E-state index in [1.54, 1.807) is 7.11 Å². The highest BCUT2D eigenvalue weighted by molar-refractivity contribution is 7.99. The molecule has 0 spiro atoms. The van der Waals surface area contributed by atoms with Crippen LogP contribution in [0.1, 0.15) is 23.3 Å². The first-order valence-electron chi connectivity index (χ1n) is 10.3. The number of hydrogen-bond acceptors (Lipinski definition) is 8. The second-order valence-electron chi connectivity index (χ2n) is 7.49. The van der Waals surface area contributed by atoms with E-state index in [9.17, 15) is 24.1 Å². The van der Waals surface area contributed by atoms with Crippen molar-refractivity contribution in [3.63, 3.8) is 0 Å². The van der Waals surface area contributed by atoms with Gasteiger partial charge in [0.1, 0.15) is 16.3 Å². The summed E-state index contributed by atoms with van der Waals surface area (Å²) in [4.78, 5) is 42.7. The van der Waals surface area contributed by atoms with Crippen LogP contribution in [-0.2, 0) is 28.9 Å². The van der Waals surface area contributed by atoms with Crippen molar-refractivity contribution in [3.05, 3.63) is 54.9 Å². The number of carbonyl (C=O) groups is 1. The number of aromatic nitrogens is 2. The molecule has 0 radical (unpaired) electrons. The van der Waals surface area contributed by atoms with Crippen molar-refractivity contribution in [1.82, 2.24) is 9.55 Å². The topological polar surface area (TPSA) is 116 Å². The van der Waals surface area contributed by atoms with E-state index in [4.69, 9.17) is 4.74 Å². The van der Waals surface area contributed by atoms with Gasteiger partial charge in [0.05, 0.1) is 35.3 Å². The van der Waals surface area contributed by atoms with E-state index in [0.29, 0.717) is 22.0 Å². The summed E-state index contributed by atoms with van der Waals surface area (Å²) in [7, 11) is 1.54. The number of hydrogen-bond donors (Lipinski definition) is 1.